The van der Waals surface area contributed by atoms with Gasteiger partial charge in [-0.15, -0.1) is 0 Å². The Morgan fingerprint density at radius 3 is 2.85 bits per heavy atom. The molecule has 1 aliphatic rings. The number of phenolic OH excluding ortho intramolecular Hbond substituents is 2. The summed E-state index contributed by atoms with van der Waals surface area (Å²) in [4.78, 5) is 17.5. The van der Waals surface area contributed by atoms with E-state index in [1.165, 1.54) is 0 Å². The molecule has 8 heteroatoms. The number of oxime groups is 1. The van der Waals surface area contributed by atoms with E-state index in [0.717, 1.165) is 6.07 Å². The van der Waals surface area contributed by atoms with Crippen molar-refractivity contribution >= 4 is 23.3 Å². The zero-order chi connectivity index (χ0) is 19.8. The van der Waals surface area contributed by atoms with Gasteiger partial charge in [0.05, 0.1) is 23.4 Å². The zero-order valence-electron chi connectivity index (χ0n) is 14.9. The minimum atomic E-state index is -0.768. The number of benzene rings is 1. The Balaban J connectivity index is 2.52. The van der Waals surface area contributed by atoms with Gasteiger partial charge < -0.3 is 24.9 Å². The van der Waals surface area contributed by atoms with Crippen molar-refractivity contribution in [3.05, 3.63) is 46.5 Å². The Kier molecular flexibility index (Phi) is 7.69. The number of hydrogen-bond acceptors (Lipinski definition) is 7. The number of cyclic esters (lactones) is 1. The maximum Gasteiger partial charge on any atom is 0.342 e. The summed E-state index contributed by atoms with van der Waals surface area (Å²) in [5.41, 5.74) is 0.443. The van der Waals surface area contributed by atoms with Gasteiger partial charge in [-0.05, 0) is 31.4 Å². The average Bonchev–Trinajstić information content (AvgIpc) is 2.62. The topological polar surface area (TPSA) is 109 Å². The summed E-state index contributed by atoms with van der Waals surface area (Å²) in [5, 5.41) is 33.9. The first-order valence-corrected chi connectivity index (χ1v) is 8.92. The lowest BCUT2D eigenvalue weighted by atomic mass is 9.99. The molecule has 1 heterocycles. The summed E-state index contributed by atoms with van der Waals surface area (Å²) in [6, 6.07) is 0.997. The van der Waals surface area contributed by atoms with E-state index in [1.54, 1.807) is 31.2 Å². The SMILES string of the molecule is CCO/N=C1/C=C/CC(O)/C=C/CCOC(=O)c2c(O)cc(O)c(Cl)c2C1. The normalized spacial score (nSPS) is 22.4. The van der Waals surface area contributed by atoms with E-state index in [4.69, 9.17) is 21.2 Å². The number of carbonyl (C=O) groups is 1. The molecule has 1 unspecified atom stereocenters. The molecular formula is C19H22ClNO6. The third-order valence-electron chi connectivity index (χ3n) is 3.76. The van der Waals surface area contributed by atoms with Crippen LogP contribution in [0.2, 0.25) is 5.02 Å². The van der Waals surface area contributed by atoms with Crippen molar-refractivity contribution in [2.45, 2.75) is 32.3 Å². The van der Waals surface area contributed by atoms with Gasteiger partial charge in [0.15, 0.2) is 0 Å². The molecule has 0 spiro atoms. The second kappa shape index (κ2) is 9.99. The molecule has 7 nitrogen and oxygen atoms in total. The molecule has 0 saturated carbocycles. The van der Waals surface area contributed by atoms with Crippen LogP contribution in [0.25, 0.3) is 0 Å². The second-order valence-electron chi connectivity index (χ2n) is 5.82. The Morgan fingerprint density at radius 2 is 2.11 bits per heavy atom. The van der Waals surface area contributed by atoms with Crippen LogP contribution in [0.1, 0.15) is 35.7 Å². The fourth-order valence-corrected chi connectivity index (χ4v) is 2.71. The summed E-state index contributed by atoms with van der Waals surface area (Å²) in [7, 11) is 0. The monoisotopic (exact) mass is 395 g/mol. The first kappa shape index (κ1) is 20.8. The number of aromatic hydroxyl groups is 2. The predicted octanol–water partition coefficient (Wildman–Crippen LogP) is 3.11. The van der Waals surface area contributed by atoms with Crippen molar-refractivity contribution in [1.82, 2.24) is 0 Å². The summed E-state index contributed by atoms with van der Waals surface area (Å²) in [5.74, 6) is -1.57. The quantitative estimate of drug-likeness (QED) is 0.403. The minimum Gasteiger partial charge on any atom is -0.507 e. The van der Waals surface area contributed by atoms with Gasteiger partial charge in [-0.3, -0.25) is 0 Å². The standard InChI is InChI=1S/C19H22ClNO6/c1-2-27-21-12-6-5-8-13(22)7-3-4-9-26-19(25)17-14(10-12)18(20)16(24)11-15(17)23/h3,5-7,11,13,22-24H,2,4,8-10H2,1H3/b6-5+,7-3+,21-12-. The number of aliphatic hydroxyl groups excluding tert-OH is 1. The van der Waals surface area contributed by atoms with Crippen LogP contribution in [0.5, 0.6) is 11.5 Å². The van der Waals surface area contributed by atoms with Crippen molar-refractivity contribution in [3.8, 4) is 11.5 Å². The largest absolute Gasteiger partial charge is 0.507 e. The fraction of sp³-hybridized carbons (Fsp3) is 0.368. The number of esters is 1. The van der Waals surface area contributed by atoms with Gasteiger partial charge in [0.2, 0.25) is 0 Å². The first-order valence-electron chi connectivity index (χ1n) is 8.54. The van der Waals surface area contributed by atoms with Crippen LogP contribution in [0.3, 0.4) is 0 Å². The van der Waals surface area contributed by atoms with Crippen molar-refractivity contribution in [2.24, 2.45) is 5.16 Å². The van der Waals surface area contributed by atoms with Crippen LogP contribution >= 0.6 is 11.6 Å². The first-order chi connectivity index (χ1) is 12.9. The zero-order valence-corrected chi connectivity index (χ0v) is 15.6. The van der Waals surface area contributed by atoms with Gasteiger partial charge in [0.25, 0.3) is 0 Å². The van der Waals surface area contributed by atoms with Crippen molar-refractivity contribution in [1.29, 1.82) is 0 Å². The molecule has 2 rings (SSSR count). The molecule has 0 bridgehead atoms. The number of aliphatic hydroxyl groups is 1. The Labute approximate surface area is 162 Å². The summed E-state index contributed by atoms with van der Waals surface area (Å²) in [6.45, 7) is 2.16. The molecule has 1 aromatic rings. The minimum absolute atomic E-state index is 0.00760. The number of phenols is 2. The van der Waals surface area contributed by atoms with Crippen LogP contribution in [-0.4, -0.2) is 46.3 Å². The van der Waals surface area contributed by atoms with Crippen molar-refractivity contribution in [3.63, 3.8) is 0 Å². The van der Waals surface area contributed by atoms with Crippen LogP contribution in [0.15, 0.2) is 35.5 Å². The molecule has 1 aromatic carbocycles. The third-order valence-corrected chi connectivity index (χ3v) is 4.18. The van der Waals surface area contributed by atoms with Crippen LogP contribution in [0, 0.1) is 0 Å². The molecule has 0 fully saturated rings. The number of hydrogen-bond donors (Lipinski definition) is 3. The Hall–Kier alpha value is -2.51. The number of halogens is 1. The van der Waals surface area contributed by atoms with Gasteiger partial charge in [0, 0.05) is 12.5 Å². The van der Waals surface area contributed by atoms with Crippen LogP contribution in [0.4, 0.5) is 0 Å². The number of fused-ring (bicyclic) bond motifs is 1. The highest BCUT2D eigenvalue weighted by atomic mass is 35.5. The molecule has 3 N–H and O–H groups in total. The molecule has 0 saturated heterocycles. The predicted molar refractivity (Wildman–Crippen MR) is 101 cm³/mol. The molecule has 27 heavy (non-hydrogen) atoms. The van der Waals surface area contributed by atoms with E-state index in [2.05, 4.69) is 5.16 Å². The maximum absolute atomic E-state index is 12.5. The van der Waals surface area contributed by atoms with E-state index >= 15 is 0 Å². The lowest BCUT2D eigenvalue weighted by molar-refractivity contribution is 0.0507. The van der Waals surface area contributed by atoms with Gasteiger partial charge in [-0.2, -0.15) is 0 Å². The lowest BCUT2D eigenvalue weighted by Crippen LogP contribution is -2.13. The number of rotatable bonds is 2. The van der Waals surface area contributed by atoms with E-state index in [0.29, 0.717) is 25.2 Å². The van der Waals surface area contributed by atoms with E-state index < -0.39 is 17.8 Å². The second-order valence-corrected chi connectivity index (χ2v) is 6.20. The lowest BCUT2D eigenvalue weighted by Gasteiger charge is -2.14. The molecular weight excluding hydrogens is 374 g/mol. The van der Waals surface area contributed by atoms with Gasteiger partial charge in [-0.1, -0.05) is 35.0 Å². The van der Waals surface area contributed by atoms with Gasteiger partial charge in [-0.25, -0.2) is 4.79 Å². The number of nitrogens with zero attached hydrogens (tertiary/aromatic N) is 1. The molecule has 1 atom stereocenters. The summed E-state index contributed by atoms with van der Waals surface area (Å²) in [6.07, 6.45) is 6.75. The van der Waals surface area contributed by atoms with Crippen LogP contribution in [-0.2, 0) is 16.0 Å². The van der Waals surface area contributed by atoms with Gasteiger partial charge in [0.1, 0.15) is 23.7 Å². The smallest absolute Gasteiger partial charge is 0.342 e. The van der Waals surface area contributed by atoms with E-state index in [-0.39, 0.29) is 34.9 Å². The number of carbonyl (C=O) groups excluding carboxylic acids is 1. The molecule has 146 valence electrons. The maximum atomic E-state index is 12.5. The molecule has 0 amide bonds. The highest BCUT2D eigenvalue weighted by Crippen LogP contribution is 2.37. The summed E-state index contributed by atoms with van der Waals surface area (Å²) < 4.78 is 5.18. The summed E-state index contributed by atoms with van der Waals surface area (Å²) >= 11 is 6.18. The molecule has 0 aliphatic carbocycles. The molecule has 0 aromatic heterocycles. The highest BCUT2D eigenvalue weighted by molar-refractivity contribution is 6.33. The Bertz CT molecular complexity index is 772. The third kappa shape index (κ3) is 5.74. The number of ether oxygens (including phenoxy) is 1. The average molecular weight is 396 g/mol. The fourth-order valence-electron chi connectivity index (χ4n) is 2.50. The van der Waals surface area contributed by atoms with Crippen LogP contribution < -0.4 is 0 Å². The van der Waals surface area contributed by atoms with E-state index in [1.807, 2.05) is 0 Å². The van der Waals surface area contributed by atoms with Crippen molar-refractivity contribution < 1.29 is 29.7 Å². The Morgan fingerprint density at radius 1 is 1.33 bits per heavy atom. The highest BCUT2D eigenvalue weighted by Gasteiger charge is 2.24. The van der Waals surface area contributed by atoms with Gasteiger partial charge >= 0.3 is 5.97 Å². The molecule has 0 radical (unpaired) electrons. The molecule has 1 aliphatic heterocycles. The van der Waals surface area contributed by atoms with Crippen molar-refractivity contribution in [2.75, 3.05) is 13.2 Å². The number of allylic oxidation sites excluding steroid dienone is 1. The van der Waals surface area contributed by atoms with E-state index in [9.17, 15) is 20.1 Å².